The van der Waals surface area contributed by atoms with E-state index < -0.39 is 11.2 Å². The van der Waals surface area contributed by atoms with Gasteiger partial charge < -0.3 is 14.6 Å². The monoisotopic (exact) mass is 488 g/mol. The molecule has 0 unspecified atom stereocenters. The Bertz CT molecular complexity index is 1120. The van der Waals surface area contributed by atoms with E-state index in [-0.39, 0.29) is 23.6 Å². The first-order valence-corrected chi connectivity index (χ1v) is 12.9. The molecular formula is C31H36O5. The topological polar surface area (TPSA) is 72.8 Å². The molecule has 1 N–H and O–H groups in total. The maximum absolute atomic E-state index is 13.2. The van der Waals surface area contributed by atoms with E-state index in [1.165, 1.54) is 0 Å². The van der Waals surface area contributed by atoms with Crippen LogP contribution in [0.15, 0.2) is 78.4 Å². The van der Waals surface area contributed by atoms with Crippen LogP contribution in [0.3, 0.4) is 0 Å². The van der Waals surface area contributed by atoms with Gasteiger partial charge in [-0.1, -0.05) is 55.1 Å². The molecule has 0 aliphatic heterocycles. The molecule has 0 amide bonds. The zero-order valence-corrected chi connectivity index (χ0v) is 21.3. The number of phenolic OH excluding ortho intramolecular Hbond substituents is 1. The molecule has 2 saturated carbocycles. The Balaban J connectivity index is 1.46. The third-order valence-corrected chi connectivity index (χ3v) is 7.67. The van der Waals surface area contributed by atoms with E-state index in [0.29, 0.717) is 24.0 Å². The average Bonchev–Trinajstić information content (AvgIpc) is 3.35. The van der Waals surface area contributed by atoms with Gasteiger partial charge in [0, 0.05) is 11.1 Å². The van der Waals surface area contributed by atoms with Crippen molar-refractivity contribution < 1.29 is 24.2 Å². The lowest BCUT2D eigenvalue weighted by molar-refractivity contribution is -0.160. The van der Waals surface area contributed by atoms with Gasteiger partial charge in [-0.25, -0.2) is 9.59 Å². The van der Waals surface area contributed by atoms with E-state index in [1.807, 2.05) is 55.5 Å². The predicted molar refractivity (Wildman–Crippen MR) is 139 cm³/mol. The summed E-state index contributed by atoms with van der Waals surface area (Å²) in [7, 11) is 0. The van der Waals surface area contributed by atoms with Gasteiger partial charge in [-0.15, -0.1) is 0 Å². The second kappa shape index (κ2) is 10.7. The van der Waals surface area contributed by atoms with E-state index in [9.17, 15) is 14.7 Å². The van der Waals surface area contributed by atoms with Gasteiger partial charge in [0.25, 0.3) is 0 Å². The van der Waals surface area contributed by atoms with Crippen LogP contribution in [0.2, 0.25) is 0 Å². The molecule has 2 fully saturated rings. The largest absolute Gasteiger partial charge is 0.508 e. The maximum atomic E-state index is 13.2. The van der Waals surface area contributed by atoms with Crippen molar-refractivity contribution in [2.75, 3.05) is 0 Å². The summed E-state index contributed by atoms with van der Waals surface area (Å²) in [5, 5.41) is 9.67. The number of ether oxygens (including phenoxy) is 2. The molecule has 36 heavy (non-hydrogen) atoms. The Morgan fingerprint density at radius 3 is 1.94 bits per heavy atom. The molecule has 2 aliphatic rings. The van der Waals surface area contributed by atoms with Crippen LogP contribution in [0.1, 0.15) is 76.3 Å². The van der Waals surface area contributed by atoms with Crippen LogP contribution >= 0.6 is 0 Å². The van der Waals surface area contributed by atoms with Crippen molar-refractivity contribution in [2.24, 2.45) is 5.92 Å². The molecule has 0 bridgehead atoms. The summed E-state index contributed by atoms with van der Waals surface area (Å²) in [5.74, 6) is -0.263. The Kier molecular flexibility index (Phi) is 7.67. The van der Waals surface area contributed by atoms with Crippen molar-refractivity contribution in [3.05, 3.63) is 89.5 Å². The summed E-state index contributed by atoms with van der Waals surface area (Å²) < 4.78 is 12.2. The van der Waals surface area contributed by atoms with E-state index in [2.05, 4.69) is 6.58 Å². The van der Waals surface area contributed by atoms with Gasteiger partial charge in [0.1, 0.15) is 17.0 Å². The Morgan fingerprint density at radius 1 is 0.833 bits per heavy atom. The predicted octanol–water partition coefficient (Wildman–Crippen LogP) is 6.86. The lowest BCUT2D eigenvalue weighted by Gasteiger charge is -2.39. The van der Waals surface area contributed by atoms with Crippen molar-refractivity contribution in [3.8, 4) is 5.75 Å². The summed E-state index contributed by atoms with van der Waals surface area (Å²) in [6.07, 6.45) is 8.55. The molecule has 4 rings (SSSR count). The van der Waals surface area contributed by atoms with Gasteiger partial charge in [-0.3, -0.25) is 0 Å². The van der Waals surface area contributed by atoms with Gasteiger partial charge in [0.2, 0.25) is 0 Å². The highest BCUT2D eigenvalue weighted by Gasteiger charge is 2.41. The zero-order chi connectivity index (χ0) is 25.8. The lowest BCUT2D eigenvalue weighted by Crippen LogP contribution is -2.37. The first-order chi connectivity index (χ1) is 17.2. The van der Waals surface area contributed by atoms with Crippen LogP contribution < -0.4 is 0 Å². The van der Waals surface area contributed by atoms with Crippen LogP contribution in [0.4, 0.5) is 0 Å². The minimum Gasteiger partial charge on any atom is -0.508 e. The number of esters is 2. The number of allylic oxidation sites excluding steroid dienone is 1. The third kappa shape index (κ3) is 5.56. The molecular weight excluding hydrogens is 452 g/mol. The van der Waals surface area contributed by atoms with Crippen LogP contribution in [-0.4, -0.2) is 17.0 Å². The van der Waals surface area contributed by atoms with Crippen LogP contribution in [0.5, 0.6) is 5.75 Å². The summed E-state index contributed by atoms with van der Waals surface area (Å²) in [5.41, 5.74) is 1.62. The minimum atomic E-state index is -0.678. The highest BCUT2D eigenvalue weighted by Crippen LogP contribution is 2.45. The fourth-order valence-electron chi connectivity index (χ4n) is 5.57. The van der Waals surface area contributed by atoms with Crippen LogP contribution in [0, 0.1) is 5.92 Å². The Labute approximate surface area is 213 Å². The Hall–Kier alpha value is -3.34. The Morgan fingerprint density at radius 2 is 1.36 bits per heavy atom. The first-order valence-electron chi connectivity index (χ1n) is 12.9. The van der Waals surface area contributed by atoms with E-state index in [4.69, 9.17) is 9.47 Å². The van der Waals surface area contributed by atoms with Crippen LogP contribution in [0.25, 0.3) is 0 Å². The van der Waals surface area contributed by atoms with Crippen molar-refractivity contribution in [2.45, 2.75) is 76.4 Å². The van der Waals surface area contributed by atoms with E-state index >= 15 is 0 Å². The van der Waals surface area contributed by atoms with Gasteiger partial charge in [-0.2, -0.15) is 0 Å². The molecule has 190 valence electrons. The van der Waals surface area contributed by atoms with Crippen molar-refractivity contribution in [1.29, 1.82) is 0 Å². The number of hydrogen-bond acceptors (Lipinski definition) is 5. The van der Waals surface area contributed by atoms with Crippen molar-refractivity contribution >= 4 is 11.9 Å². The second-order valence-electron chi connectivity index (χ2n) is 10.4. The smallest absolute Gasteiger partial charge is 0.334 e. The van der Waals surface area contributed by atoms with Gasteiger partial charge in [0.15, 0.2) is 0 Å². The summed E-state index contributed by atoms with van der Waals surface area (Å²) in [6, 6.07) is 16.9. The quantitative estimate of drug-likeness (QED) is 0.341. The fourth-order valence-corrected chi connectivity index (χ4v) is 5.57. The van der Waals surface area contributed by atoms with Gasteiger partial charge >= 0.3 is 11.9 Å². The summed E-state index contributed by atoms with van der Waals surface area (Å²) >= 11 is 0. The van der Waals surface area contributed by atoms with Crippen molar-refractivity contribution in [1.82, 2.24) is 0 Å². The fraction of sp³-hybridized carbons (Fsp3) is 0.419. The number of aromatic hydroxyl groups is 1. The number of hydrogen-bond donors (Lipinski definition) is 1. The number of carbonyl (C=O) groups excluding carboxylic acids is 2. The molecule has 2 aromatic rings. The molecule has 0 radical (unpaired) electrons. The molecule has 0 saturated heterocycles. The summed E-state index contributed by atoms with van der Waals surface area (Å²) in [6.45, 7) is 7.23. The highest BCUT2D eigenvalue weighted by molar-refractivity contribution is 5.88. The maximum Gasteiger partial charge on any atom is 0.334 e. The molecule has 2 aromatic carbocycles. The van der Waals surface area contributed by atoms with E-state index in [0.717, 1.165) is 49.7 Å². The summed E-state index contributed by atoms with van der Waals surface area (Å²) in [4.78, 5) is 25.6. The lowest BCUT2D eigenvalue weighted by atomic mass is 9.74. The number of rotatable bonds is 7. The molecule has 0 atom stereocenters. The van der Waals surface area contributed by atoms with Crippen molar-refractivity contribution in [3.63, 3.8) is 0 Å². The van der Waals surface area contributed by atoms with Gasteiger partial charge in [-0.05, 0) is 94.4 Å². The number of phenols is 1. The average molecular weight is 489 g/mol. The standard InChI is InChI=1S/C31H36O5/c1-22(2)28(33)35-31(25-9-5-4-6-10-25)19-15-24(16-20-31)21-23(3)29(34)36-30(17-7-8-18-30)26-11-13-27(32)14-12-26/h4-6,9-14,21,24,32H,1,7-8,15-20H2,2-3H3/b23-21+. The van der Waals surface area contributed by atoms with Crippen LogP contribution in [-0.2, 0) is 30.3 Å². The third-order valence-electron chi connectivity index (χ3n) is 7.67. The normalized spacial score (nSPS) is 23.6. The minimum absolute atomic E-state index is 0.200. The number of carbonyl (C=O) groups is 2. The second-order valence-corrected chi connectivity index (χ2v) is 10.4. The SMILES string of the molecule is C=C(C)C(=O)OC1(c2ccccc2)CCC(/C=C(\C)C(=O)OC2(c3ccc(O)cc3)CCCC2)CC1. The highest BCUT2D eigenvalue weighted by atomic mass is 16.6. The molecule has 0 heterocycles. The van der Waals surface area contributed by atoms with Gasteiger partial charge in [0.05, 0.1) is 0 Å². The van der Waals surface area contributed by atoms with E-state index in [1.54, 1.807) is 19.1 Å². The molecule has 5 heteroatoms. The first kappa shape index (κ1) is 25.7. The number of benzene rings is 2. The molecule has 0 spiro atoms. The zero-order valence-electron chi connectivity index (χ0n) is 21.3. The molecule has 0 aromatic heterocycles. The molecule has 5 nitrogen and oxygen atoms in total. The molecule has 2 aliphatic carbocycles.